The Bertz CT molecular complexity index is 564. The van der Waals surface area contributed by atoms with Crippen LogP contribution < -0.4 is 11.1 Å². The molecule has 1 aromatic heterocycles. The van der Waals surface area contributed by atoms with E-state index in [1.807, 2.05) is 0 Å². The summed E-state index contributed by atoms with van der Waals surface area (Å²) in [6, 6.07) is 4.46. The topological polar surface area (TPSA) is 83.8 Å². The van der Waals surface area contributed by atoms with E-state index in [4.69, 9.17) is 5.73 Å². The zero-order valence-electron chi connectivity index (χ0n) is 9.12. The molecule has 1 amide bonds. The highest BCUT2D eigenvalue weighted by Gasteiger charge is 2.13. The van der Waals surface area contributed by atoms with Crippen LogP contribution in [0.25, 0.3) is 0 Å². The molecule has 88 valence electrons. The SMILES string of the molecule is Cc1ccc(F)c(NC(=O)c2cn[nH]c2N)c1. The molecule has 1 heterocycles. The average molecular weight is 234 g/mol. The number of nitrogen functional groups attached to an aromatic ring is 1. The molecule has 4 N–H and O–H groups in total. The van der Waals surface area contributed by atoms with Crippen molar-refractivity contribution in [2.75, 3.05) is 11.1 Å². The van der Waals surface area contributed by atoms with E-state index in [2.05, 4.69) is 15.5 Å². The molecular formula is C11H11FN4O. The Labute approximate surface area is 96.8 Å². The summed E-state index contributed by atoms with van der Waals surface area (Å²) in [5.74, 6) is -0.845. The molecule has 0 atom stereocenters. The zero-order valence-corrected chi connectivity index (χ0v) is 9.12. The number of carbonyl (C=O) groups is 1. The van der Waals surface area contributed by atoms with E-state index in [0.29, 0.717) is 0 Å². The molecular weight excluding hydrogens is 223 g/mol. The fourth-order valence-corrected chi connectivity index (χ4v) is 1.40. The highest BCUT2D eigenvalue weighted by Crippen LogP contribution is 2.17. The lowest BCUT2D eigenvalue weighted by Gasteiger charge is -2.06. The van der Waals surface area contributed by atoms with Crippen molar-refractivity contribution >= 4 is 17.4 Å². The summed E-state index contributed by atoms with van der Waals surface area (Å²) in [5, 5.41) is 8.49. The van der Waals surface area contributed by atoms with Crippen molar-refractivity contribution in [3.63, 3.8) is 0 Å². The van der Waals surface area contributed by atoms with Crippen LogP contribution in [0.15, 0.2) is 24.4 Å². The van der Waals surface area contributed by atoms with Gasteiger partial charge in [-0.1, -0.05) is 6.07 Å². The van der Waals surface area contributed by atoms with E-state index in [1.165, 1.54) is 12.3 Å². The highest BCUT2D eigenvalue weighted by atomic mass is 19.1. The summed E-state index contributed by atoms with van der Waals surface area (Å²) in [5.41, 5.74) is 6.65. The summed E-state index contributed by atoms with van der Waals surface area (Å²) < 4.78 is 13.4. The maximum Gasteiger partial charge on any atom is 0.261 e. The molecule has 0 aliphatic rings. The third-order valence-electron chi connectivity index (χ3n) is 2.28. The van der Waals surface area contributed by atoms with Gasteiger partial charge in [0.2, 0.25) is 0 Å². The molecule has 1 aromatic carbocycles. The van der Waals surface area contributed by atoms with Crippen LogP contribution in [-0.4, -0.2) is 16.1 Å². The van der Waals surface area contributed by atoms with Crippen molar-refractivity contribution in [1.82, 2.24) is 10.2 Å². The third-order valence-corrected chi connectivity index (χ3v) is 2.28. The maximum absolute atomic E-state index is 13.4. The van der Waals surface area contributed by atoms with E-state index in [0.717, 1.165) is 5.56 Å². The number of H-pyrrole nitrogens is 1. The molecule has 17 heavy (non-hydrogen) atoms. The highest BCUT2D eigenvalue weighted by molar-refractivity contribution is 6.07. The Morgan fingerprint density at radius 2 is 2.29 bits per heavy atom. The van der Waals surface area contributed by atoms with Gasteiger partial charge in [-0.25, -0.2) is 4.39 Å². The molecule has 0 bridgehead atoms. The van der Waals surface area contributed by atoms with E-state index >= 15 is 0 Å². The molecule has 2 aromatic rings. The first-order chi connectivity index (χ1) is 8.08. The number of nitrogens with zero attached hydrogens (tertiary/aromatic N) is 1. The minimum Gasteiger partial charge on any atom is -0.383 e. The number of halogens is 1. The Kier molecular flexibility index (Phi) is 2.78. The number of benzene rings is 1. The largest absolute Gasteiger partial charge is 0.383 e. The van der Waals surface area contributed by atoms with Gasteiger partial charge in [-0.15, -0.1) is 0 Å². The molecule has 0 fully saturated rings. The summed E-state index contributed by atoms with van der Waals surface area (Å²) in [7, 11) is 0. The van der Waals surface area contributed by atoms with Crippen LogP contribution >= 0.6 is 0 Å². The summed E-state index contributed by atoms with van der Waals surface area (Å²) in [4.78, 5) is 11.7. The van der Waals surface area contributed by atoms with Crippen molar-refractivity contribution in [2.24, 2.45) is 0 Å². The summed E-state index contributed by atoms with van der Waals surface area (Å²) in [6.45, 7) is 1.81. The second-order valence-electron chi connectivity index (χ2n) is 3.63. The quantitative estimate of drug-likeness (QED) is 0.739. The zero-order chi connectivity index (χ0) is 12.4. The van der Waals surface area contributed by atoms with E-state index in [-0.39, 0.29) is 17.1 Å². The predicted octanol–water partition coefficient (Wildman–Crippen LogP) is 1.69. The summed E-state index contributed by atoms with van der Waals surface area (Å²) in [6.07, 6.45) is 1.29. The number of amides is 1. The summed E-state index contributed by atoms with van der Waals surface area (Å²) >= 11 is 0. The Balaban J connectivity index is 2.24. The molecule has 5 nitrogen and oxygen atoms in total. The normalized spacial score (nSPS) is 10.2. The van der Waals surface area contributed by atoms with Crippen LogP contribution in [-0.2, 0) is 0 Å². The Morgan fingerprint density at radius 3 is 2.94 bits per heavy atom. The van der Waals surface area contributed by atoms with Crippen LogP contribution in [0.2, 0.25) is 0 Å². The van der Waals surface area contributed by atoms with Crippen molar-refractivity contribution in [3.05, 3.63) is 41.3 Å². The number of aromatic amines is 1. The van der Waals surface area contributed by atoms with Crippen molar-refractivity contribution in [2.45, 2.75) is 6.92 Å². The van der Waals surface area contributed by atoms with Gasteiger partial charge in [0.15, 0.2) is 0 Å². The number of aromatic nitrogens is 2. The second kappa shape index (κ2) is 4.25. The fourth-order valence-electron chi connectivity index (χ4n) is 1.40. The van der Waals surface area contributed by atoms with Gasteiger partial charge in [0.1, 0.15) is 17.2 Å². The van der Waals surface area contributed by atoms with Crippen LogP contribution in [0.3, 0.4) is 0 Å². The molecule has 0 spiro atoms. The predicted molar refractivity (Wildman–Crippen MR) is 62.1 cm³/mol. The Hall–Kier alpha value is -2.37. The molecule has 0 saturated heterocycles. The van der Waals surface area contributed by atoms with E-state index in [1.54, 1.807) is 19.1 Å². The van der Waals surface area contributed by atoms with E-state index in [9.17, 15) is 9.18 Å². The lowest BCUT2D eigenvalue weighted by molar-refractivity contribution is 0.102. The smallest absolute Gasteiger partial charge is 0.261 e. The van der Waals surface area contributed by atoms with Gasteiger partial charge in [0.05, 0.1) is 11.9 Å². The number of hydrogen-bond acceptors (Lipinski definition) is 3. The minimum absolute atomic E-state index is 0.121. The van der Waals surface area contributed by atoms with Crippen LogP contribution in [0.4, 0.5) is 15.9 Å². The lowest BCUT2D eigenvalue weighted by Crippen LogP contribution is -2.14. The molecule has 2 rings (SSSR count). The number of carbonyl (C=O) groups excluding carboxylic acids is 1. The standard InChI is InChI=1S/C11H11FN4O/c1-6-2-3-8(12)9(4-6)15-11(17)7-5-14-16-10(7)13/h2-5H,1H3,(H,15,17)(H3,13,14,16). The van der Waals surface area contributed by atoms with Gasteiger partial charge in [0, 0.05) is 0 Å². The van der Waals surface area contributed by atoms with E-state index < -0.39 is 11.7 Å². The first-order valence-electron chi connectivity index (χ1n) is 4.94. The molecule has 6 heteroatoms. The van der Waals surface area contributed by atoms with Crippen molar-refractivity contribution in [3.8, 4) is 0 Å². The van der Waals surface area contributed by atoms with Gasteiger partial charge in [-0.05, 0) is 24.6 Å². The van der Waals surface area contributed by atoms with Crippen molar-refractivity contribution < 1.29 is 9.18 Å². The average Bonchev–Trinajstić information content (AvgIpc) is 2.70. The Morgan fingerprint density at radius 1 is 1.53 bits per heavy atom. The third kappa shape index (κ3) is 2.25. The first-order valence-corrected chi connectivity index (χ1v) is 4.94. The van der Waals surface area contributed by atoms with Crippen LogP contribution in [0.1, 0.15) is 15.9 Å². The molecule has 0 aliphatic heterocycles. The molecule has 0 unspecified atom stereocenters. The minimum atomic E-state index is -0.499. The number of hydrogen-bond donors (Lipinski definition) is 3. The molecule has 0 aliphatic carbocycles. The van der Waals surface area contributed by atoms with Gasteiger partial charge in [-0.3, -0.25) is 9.89 Å². The van der Waals surface area contributed by atoms with Gasteiger partial charge >= 0.3 is 0 Å². The first kappa shape index (κ1) is 11.1. The van der Waals surface area contributed by atoms with Crippen molar-refractivity contribution in [1.29, 1.82) is 0 Å². The number of nitrogens with one attached hydrogen (secondary N) is 2. The molecule has 0 saturated carbocycles. The van der Waals surface area contributed by atoms with Gasteiger partial charge in [-0.2, -0.15) is 5.10 Å². The number of anilines is 2. The number of aryl methyl sites for hydroxylation is 1. The lowest BCUT2D eigenvalue weighted by atomic mass is 10.2. The van der Waals surface area contributed by atoms with Crippen LogP contribution in [0.5, 0.6) is 0 Å². The molecule has 0 radical (unpaired) electrons. The van der Waals surface area contributed by atoms with Crippen LogP contribution in [0, 0.1) is 12.7 Å². The number of nitrogens with two attached hydrogens (primary N) is 1. The maximum atomic E-state index is 13.4. The van der Waals surface area contributed by atoms with Gasteiger partial charge in [0.25, 0.3) is 5.91 Å². The van der Waals surface area contributed by atoms with Gasteiger partial charge < -0.3 is 11.1 Å². The monoisotopic (exact) mass is 234 g/mol. The number of rotatable bonds is 2. The second-order valence-corrected chi connectivity index (χ2v) is 3.63. The fraction of sp³-hybridized carbons (Fsp3) is 0.0909.